The van der Waals surface area contributed by atoms with Gasteiger partial charge in [0, 0.05) is 12.8 Å². The van der Waals surface area contributed by atoms with E-state index in [2.05, 4.69) is 0 Å². The maximum atomic E-state index is 9.89. The summed E-state index contributed by atoms with van der Waals surface area (Å²) >= 11 is 0. The zero-order chi connectivity index (χ0) is 13.3. The predicted molar refractivity (Wildman–Crippen MR) is 61.6 cm³/mol. The standard InChI is InChI=1S/C12H22O6/c1-6-8(13)3-4-11(17-6)18-12-7(2)16-10(15)5-9(12)14/h6-15H,3-5H2,1-2H3/t6-,7+,8-,9+,10-,11-,12+/m0/s1. The van der Waals surface area contributed by atoms with Gasteiger partial charge in [-0.1, -0.05) is 0 Å². The highest BCUT2D eigenvalue weighted by Crippen LogP contribution is 2.27. The van der Waals surface area contributed by atoms with Crippen molar-refractivity contribution in [1.29, 1.82) is 0 Å². The molecular formula is C12H22O6. The highest BCUT2D eigenvalue weighted by Gasteiger charge is 2.38. The van der Waals surface area contributed by atoms with E-state index in [4.69, 9.17) is 14.2 Å². The van der Waals surface area contributed by atoms with Crippen LogP contribution in [-0.2, 0) is 14.2 Å². The molecule has 2 aliphatic heterocycles. The maximum absolute atomic E-state index is 9.89. The van der Waals surface area contributed by atoms with E-state index in [1.54, 1.807) is 13.8 Å². The molecular weight excluding hydrogens is 240 g/mol. The van der Waals surface area contributed by atoms with E-state index < -0.39 is 37.0 Å². The lowest BCUT2D eigenvalue weighted by Gasteiger charge is -2.40. The summed E-state index contributed by atoms with van der Waals surface area (Å²) in [5.74, 6) is 0. The third kappa shape index (κ3) is 3.20. The molecule has 0 radical (unpaired) electrons. The summed E-state index contributed by atoms with van der Waals surface area (Å²) in [7, 11) is 0. The van der Waals surface area contributed by atoms with Gasteiger partial charge in [-0.2, -0.15) is 0 Å². The fourth-order valence-corrected chi connectivity index (χ4v) is 2.45. The van der Waals surface area contributed by atoms with Crippen LogP contribution in [0.4, 0.5) is 0 Å². The zero-order valence-electron chi connectivity index (χ0n) is 10.7. The molecule has 0 spiro atoms. The molecule has 0 aliphatic carbocycles. The molecule has 7 atom stereocenters. The van der Waals surface area contributed by atoms with Crippen molar-refractivity contribution < 1.29 is 29.5 Å². The van der Waals surface area contributed by atoms with Crippen molar-refractivity contribution in [3.8, 4) is 0 Å². The van der Waals surface area contributed by atoms with Gasteiger partial charge in [0.2, 0.25) is 0 Å². The Kier molecular flexibility index (Phi) is 4.58. The van der Waals surface area contributed by atoms with E-state index in [1.807, 2.05) is 0 Å². The van der Waals surface area contributed by atoms with Gasteiger partial charge in [0.05, 0.1) is 24.4 Å². The Labute approximate surface area is 106 Å². The Balaban J connectivity index is 1.88. The molecule has 18 heavy (non-hydrogen) atoms. The summed E-state index contributed by atoms with van der Waals surface area (Å²) in [4.78, 5) is 0. The summed E-state index contributed by atoms with van der Waals surface area (Å²) < 4.78 is 16.5. The third-order valence-electron chi connectivity index (χ3n) is 3.57. The minimum absolute atomic E-state index is 0.139. The average Bonchev–Trinajstić information content (AvgIpc) is 2.28. The van der Waals surface area contributed by atoms with Crippen LogP contribution in [0.5, 0.6) is 0 Å². The number of ether oxygens (including phenoxy) is 3. The van der Waals surface area contributed by atoms with Crippen LogP contribution in [0.3, 0.4) is 0 Å². The van der Waals surface area contributed by atoms with E-state index in [0.717, 1.165) is 0 Å². The molecule has 0 aromatic carbocycles. The molecule has 0 bridgehead atoms. The first kappa shape index (κ1) is 14.2. The van der Waals surface area contributed by atoms with Crippen LogP contribution in [-0.4, -0.2) is 58.4 Å². The summed E-state index contributed by atoms with van der Waals surface area (Å²) in [6.07, 6.45) is -2.45. The highest BCUT2D eigenvalue weighted by atomic mass is 16.7. The number of aliphatic hydroxyl groups is 3. The van der Waals surface area contributed by atoms with Crippen LogP contribution < -0.4 is 0 Å². The van der Waals surface area contributed by atoms with Crippen LogP contribution in [0.1, 0.15) is 33.1 Å². The number of rotatable bonds is 2. The van der Waals surface area contributed by atoms with E-state index in [-0.39, 0.29) is 12.5 Å². The lowest BCUT2D eigenvalue weighted by Crippen LogP contribution is -2.51. The van der Waals surface area contributed by atoms with Gasteiger partial charge in [0.15, 0.2) is 12.6 Å². The van der Waals surface area contributed by atoms with Crippen LogP contribution in [0.2, 0.25) is 0 Å². The topological polar surface area (TPSA) is 88.4 Å². The fraction of sp³-hybridized carbons (Fsp3) is 1.00. The fourth-order valence-electron chi connectivity index (χ4n) is 2.45. The predicted octanol–water partition coefficient (Wildman–Crippen LogP) is -0.254. The van der Waals surface area contributed by atoms with Crippen molar-refractivity contribution in [3.63, 3.8) is 0 Å². The van der Waals surface area contributed by atoms with Crippen LogP contribution in [0.25, 0.3) is 0 Å². The number of hydrogen-bond acceptors (Lipinski definition) is 6. The van der Waals surface area contributed by atoms with E-state index in [0.29, 0.717) is 12.8 Å². The summed E-state index contributed by atoms with van der Waals surface area (Å²) in [6.45, 7) is 3.54. The van der Waals surface area contributed by atoms with Crippen molar-refractivity contribution in [2.75, 3.05) is 0 Å². The van der Waals surface area contributed by atoms with Gasteiger partial charge in [-0.25, -0.2) is 0 Å². The van der Waals surface area contributed by atoms with E-state index in [9.17, 15) is 15.3 Å². The molecule has 3 N–H and O–H groups in total. The van der Waals surface area contributed by atoms with Crippen LogP contribution in [0.15, 0.2) is 0 Å². The van der Waals surface area contributed by atoms with Gasteiger partial charge in [-0.15, -0.1) is 0 Å². The number of aliphatic hydroxyl groups excluding tert-OH is 3. The Morgan fingerprint density at radius 2 is 1.67 bits per heavy atom. The quantitative estimate of drug-likeness (QED) is 0.636. The molecule has 0 saturated carbocycles. The molecule has 2 fully saturated rings. The van der Waals surface area contributed by atoms with Gasteiger partial charge in [0.25, 0.3) is 0 Å². The second kappa shape index (κ2) is 5.81. The van der Waals surface area contributed by atoms with Crippen molar-refractivity contribution in [3.05, 3.63) is 0 Å². The molecule has 0 aromatic heterocycles. The Morgan fingerprint density at radius 3 is 2.28 bits per heavy atom. The highest BCUT2D eigenvalue weighted by molar-refractivity contribution is 4.82. The van der Waals surface area contributed by atoms with Crippen LogP contribution >= 0.6 is 0 Å². The molecule has 2 heterocycles. The second-order valence-corrected chi connectivity index (χ2v) is 5.12. The Hall–Kier alpha value is -0.240. The minimum atomic E-state index is -0.942. The van der Waals surface area contributed by atoms with Crippen molar-refractivity contribution in [2.24, 2.45) is 0 Å². The molecule has 0 aromatic rings. The van der Waals surface area contributed by atoms with Gasteiger partial charge in [-0.3, -0.25) is 0 Å². The molecule has 2 rings (SSSR count). The van der Waals surface area contributed by atoms with E-state index >= 15 is 0 Å². The first-order valence-corrected chi connectivity index (χ1v) is 6.48. The average molecular weight is 262 g/mol. The molecule has 0 amide bonds. The summed E-state index contributed by atoms with van der Waals surface area (Å²) in [5, 5.41) is 28.8. The normalized spacial score (nSPS) is 50.2. The molecule has 2 saturated heterocycles. The van der Waals surface area contributed by atoms with Gasteiger partial charge in [-0.05, 0) is 20.3 Å². The van der Waals surface area contributed by atoms with Crippen molar-refractivity contribution in [1.82, 2.24) is 0 Å². The lowest BCUT2D eigenvalue weighted by atomic mass is 10.0. The molecule has 6 nitrogen and oxygen atoms in total. The largest absolute Gasteiger partial charge is 0.390 e. The SMILES string of the molecule is C[C@@H]1O[C@@H](O[C@H]2[C@H](O)C[C@@H](O)O[C@@H]2C)CC[C@@H]1O. The molecule has 2 aliphatic rings. The smallest absolute Gasteiger partial charge is 0.158 e. The summed E-state index contributed by atoms with van der Waals surface area (Å²) in [6, 6.07) is 0. The first-order chi connectivity index (χ1) is 8.47. The monoisotopic (exact) mass is 262 g/mol. The first-order valence-electron chi connectivity index (χ1n) is 6.48. The molecule has 106 valence electrons. The maximum Gasteiger partial charge on any atom is 0.158 e. The second-order valence-electron chi connectivity index (χ2n) is 5.12. The van der Waals surface area contributed by atoms with Gasteiger partial charge in [0.1, 0.15) is 6.10 Å². The third-order valence-corrected chi connectivity index (χ3v) is 3.57. The lowest BCUT2D eigenvalue weighted by molar-refractivity contribution is -0.296. The van der Waals surface area contributed by atoms with Crippen LogP contribution in [0, 0.1) is 0 Å². The zero-order valence-corrected chi connectivity index (χ0v) is 10.7. The summed E-state index contributed by atoms with van der Waals surface area (Å²) in [5.41, 5.74) is 0. The Morgan fingerprint density at radius 1 is 0.944 bits per heavy atom. The number of hydrogen-bond donors (Lipinski definition) is 3. The van der Waals surface area contributed by atoms with Gasteiger partial charge >= 0.3 is 0 Å². The minimum Gasteiger partial charge on any atom is -0.390 e. The van der Waals surface area contributed by atoms with E-state index in [1.165, 1.54) is 0 Å². The van der Waals surface area contributed by atoms with Crippen molar-refractivity contribution >= 4 is 0 Å². The molecule has 6 heteroatoms. The van der Waals surface area contributed by atoms with Gasteiger partial charge < -0.3 is 29.5 Å². The molecule has 0 unspecified atom stereocenters. The Bertz CT molecular complexity index is 261. The van der Waals surface area contributed by atoms with Crippen molar-refractivity contribution in [2.45, 2.75) is 76.2 Å².